The van der Waals surface area contributed by atoms with Gasteiger partial charge in [0, 0.05) is 54.8 Å². The van der Waals surface area contributed by atoms with E-state index in [1.807, 2.05) is 25.4 Å². The summed E-state index contributed by atoms with van der Waals surface area (Å²) in [5.41, 5.74) is -3.45. The first kappa shape index (κ1) is 46.0. The summed E-state index contributed by atoms with van der Waals surface area (Å²) in [6.07, 6.45) is 10.1. The van der Waals surface area contributed by atoms with Crippen LogP contribution in [0.3, 0.4) is 0 Å². The number of allylic oxidation sites excluding steroid dienone is 3. The Morgan fingerprint density at radius 1 is 0.955 bits per heavy atom. The number of ketones is 2. The highest BCUT2D eigenvalue weighted by Gasteiger charge is 2.76. The highest BCUT2D eigenvalue weighted by Crippen LogP contribution is 2.74. The van der Waals surface area contributed by atoms with Crippen molar-refractivity contribution in [3.8, 4) is 23.7 Å². The molecule has 19 atom stereocenters. The molecule has 2 spiro atoms. The Labute approximate surface area is 390 Å². The van der Waals surface area contributed by atoms with Gasteiger partial charge in [0.05, 0.1) is 59.7 Å². The van der Waals surface area contributed by atoms with Crippen LogP contribution in [0.15, 0.2) is 41.4 Å². The number of nitrogens with one attached hydrogen (secondary N) is 2. The lowest BCUT2D eigenvalue weighted by Crippen LogP contribution is -2.68. The van der Waals surface area contributed by atoms with E-state index in [-0.39, 0.29) is 98.1 Å². The van der Waals surface area contributed by atoms with Crippen LogP contribution in [0.4, 0.5) is 0 Å². The normalized spacial score (nSPS) is 48.5. The number of fused-ring (bicyclic) bond motifs is 8. The maximum Gasteiger partial charge on any atom is 0.313 e. The third-order valence-corrected chi connectivity index (χ3v) is 20.2. The van der Waals surface area contributed by atoms with Gasteiger partial charge in [0.15, 0.2) is 5.78 Å². The van der Waals surface area contributed by atoms with Crippen LogP contribution in [0.2, 0.25) is 0 Å². The maximum absolute atomic E-state index is 15.5. The molecule has 11 rings (SSSR count). The minimum Gasteiger partial charge on any atom is -0.465 e. The molecule has 0 amide bonds. The Bertz CT molecular complexity index is 2330. The summed E-state index contributed by atoms with van der Waals surface area (Å²) in [6, 6.07) is 1.96. The van der Waals surface area contributed by atoms with Gasteiger partial charge in [-0.2, -0.15) is 0 Å². The average Bonchev–Trinajstić information content (AvgIpc) is 3.99. The highest BCUT2D eigenvalue weighted by molar-refractivity contribution is 6.03. The monoisotopic (exact) mass is 905 g/mol. The van der Waals surface area contributed by atoms with E-state index in [0.29, 0.717) is 43.1 Å². The number of rotatable bonds is 5. The lowest BCUT2D eigenvalue weighted by Gasteiger charge is -2.65. The molecule has 1 aliphatic heterocycles. The molecule has 10 aliphatic rings. The van der Waals surface area contributed by atoms with Gasteiger partial charge in [-0.05, 0) is 149 Å². The molecule has 356 valence electrons. The van der Waals surface area contributed by atoms with Crippen LogP contribution in [0.25, 0.3) is 0 Å². The molecule has 0 unspecified atom stereocenters. The standard InChI is InChI=1S/C55H72N2O9/c1-30-11-12-33-13-14-37-31(2)22-44(61)52(5,64)48-35(10-8-9-34(23-39(37)38(33)21-30)40-29-66-50(63)45(40)36-16-20-56-28-36)24-55(65)46-41-15-19-53(48,55)17-6-7-18-54(49(62)47(46)57-27-32(3)58)26-43(60)42(59)25-51(41,54)4/h13,16,20,28,30-31,34-35,37-45,48,56-57,59-61,64-65H,10-12,14-15,17-19,21-27,29H2,1-5H3/t30-,31-,34-,35+,37+,38+,39-,40+,41+,42+,43-,44-,45+,48-,51-,52+,53-,54+,55-/m1/s1. The molecule has 2 heterocycles. The van der Waals surface area contributed by atoms with Crippen LogP contribution in [0.1, 0.15) is 136 Å². The number of aromatic nitrogens is 1. The van der Waals surface area contributed by atoms with Gasteiger partial charge in [0.2, 0.25) is 0 Å². The van der Waals surface area contributed by atoms with Crippen LogP contribution >= 0.6 is 0 Å². The number of esters is 1. The summed E-state index contributed by atoms with van der Waals surface area (Å²) in [5, 5.41) is 66.1. The molecular formula is C55H72N2O9. The van der Waals surface area contributed by atoms with Crippen molar-refractivity contribution in [1.29, 1.82) is 0 Å². The third kappa shape index (κ3) is 6.74. The Hall–Kier alpha value is -3.71. The van der Waals surface area contributed by atoms with Crippen molar-refractivity contribution in [3.63, 3.8) is 0 Å². The Kier molecular flexibility index (Phi) is 11.5. The fourth-order valence-electron chi connectivity index (χ4n) is 16.9. The predicted octanol–water partition coefficient (Wildman–Crippen LogP) is 5.91. The zero-order valence-corrected chi connectivity index (χ0v) is 39.6. The lowest BCUT2D eigenvalue weighted by molar-refractivity contribution is -0.198. The zero-order valence-electron chi connectivity index (χ0n) is 39.6. The molecule has 0 radical (unpaired) electrons. The quantitative estimate of drug-likeness (QED) is 0.106. The van der Waals surface area contributed by atoms with Gasteiger partial charge >= 0.3 is 5.97 Å². The van der Waals surface area contributed by atoms with Crippen molar-refractivity contribution in [3.05, 3.63) is 46.9 Å². The molecule has 7 N–H and O–H groups in total. The molecular weight excluding hydrogens is 833 g/mol. The van der Waals surface area contributed by atoms with Crippen LogP contribution in [-0.4, -0.2) is 90.7 Å². The molecule has 4 saturated carbocycles. The molecule has 0 aromatic carbocycles. The predicted molar refractivity (Wildman–Crippen MR) is 246 cm³/mol. The average molecular weight is 905 g/mol. The van der Waals surface area contributed by atoms with Crippen LogP contribution in [0.5, 0.6) is 0 Å². The highest BCUT2D eigenvalue weighted by atomic mass is 16.5. The van der Waals surface area contributed by atoms with E-state index in [1.165, 1.54) is 18.9 Å². The molecule has 11 heteroatoms. The Morgan fingerprint density at radius 3 is 2.48 bits per heavy atom. The van der Waals surface area contributed by atoms with E-state index in [0.717, 1.165) is 31.2 Å². The SMILES string of the molecule is CC(=O)CNC1=C2[C@@H]3CC[C@]4(CC#CC[C@]5(C[C@@H](O)[C@@H](O)C[C@]35C)C1=O)[C@@H]1[C@@H](CC#C[C@@H]([C@@H]3COC(=O)[C@H]3c3cc[nH]c3)C[C@@H]3[C@@H](CC=C5CC[C@@H](C)C[C@@H]53)[C@H](C)C[C@@H](O)[C@]1(C)O)C[C@@]24O. The lowest BCUT2D eigenvalue weighted by atomic mass is 9.39. The van der Waals surface area contributed by atoms with Gasteiger partial charge in [0.1, 0.15) is 5.78 Å². The Balaban J connectivity index is 1.13. The topological polar surface area (TPSA) is 189 Å². The van der Waals surface area contributed by atoms with Crippen LogP contribution in [-0.2, 0) is 19.1 Å². The minimum absolute atomic E-state index is 0.0131. The number of aliphatic hydroxyl groups is 5. The number of aromatic amines is 1. The zero-order chi connectivity index (χ0) is 46.7. The van der Waals surface area contributed by atoms with Crippen molar-refractivity contribution in [2.45, 2.75) is 160 Å². The summed E-state index contributed by atoms with van der Waals surface area (Å²) < 4.78 is 5.90. The molecule has 1 aromatic heterocycles. The van der Waals surface area contributed by atoms with Crippen molar-refractivity contribution in [1.82, 2.24) is 10.3 Å². The van der Waals surface area contributed by atoms with E-state index < -0.39 is 69.4 Å². The first-order chi connectivity index (χ1) is 31.4. The van der Waals surface area contributed by atoms with E-state index >= 15 is 4.79 Å². The number of Topliss-reactive ketones (excluding diaryl/α,β-unsaturated/α-hetero) is 2. The van der Waals surface area contributed by atoms with E-state index in [2.05, 4.69) is 53.9 Å². The summed E-state index contributed by atoms with van der Waals surface area (Å²) >= 11 is 0. The number of carbonyl (C=O) groups is 3. The fourth-order valence-corrected chi connectivity index (χ4v) is 16.9. The largest absolute Gasteiger partial charge is 0.465 e. The minimum atomic E-state index is -1.71. The van der Waals surface area contributed by atoms with Crippen molar-refractivity contribution in [2.24, 2.45) is 75.4 Å². The smallest absolute Gasteiger partial charge is 0.313 e. The van der Waals surface area contributed by atoms with Gasteiger partial charge in [-0.15, -0.1) is 17.8 Å². The van der Waals surface area contributed by atoms with Gasteiger partial charge in [-0.25, -0.2) is 0 Å². The van der Waals surface area contributed by atoms with E-state index in [9.17, 15) is 35.1 Å². The molecule has 1 saturated heterocycles. The van der Waals surface area contributed by atoms with Crippen molar-refractivity contribution in [2.75, 3.05) is 13.2 Å². The number of cyclic esters (lactones) is 1. The first-order valence-electron chi connectivity index (χ1n) is 25.3. The van der Waals surface area contributed by atoms with Crippen LogP contribution < -0.4 is 5.32 Å². The van der Waals surface area contributed by atoms with Crippen molar-refractivity contribution < 1.29 is 44.7 Å². The van der Waals surface area contributed by atoms with E-state index in [1.54, 1.807) is 6.92 Å². The van der Waals surface area contributed by atoms with Gasteiger partial charge in [-0.1, -0.05) is 38.3 Å². The second-order valence-electron chi connectivity index (χ2n) is 23.5. The second-order valence-corrected chi connectivity index (χ2v) is 23.5. The maximum atomic E-state index is 15.5. The summed E-state index contributed by atoms with van der Waals surface area (Å²) in [5.74, 6) is 12.6. The fraction of sp³-hybridized carbons (Fsp3) is 0.727. The molecule has 1 aromatic rings. The van der Waals surface area contributed by atoms with Gasteiger partial charge < -0.3 is 40.6 Å². The molecule has 5 fully saturated rings. The van der Waals surface area contributed by atoms with Gasteiger partial charge in [0.25, 0.3) is 0 Å². The molecule has 4 bridgehead atoms. The number of carbonyl (C=O) groups excluding carboxylic acids is 3. The number of hydrogen-bond acceptors (Lipinski definition) is 10. The molecule has 11 nitrogen and oxygen atoms in total. The second kappa shape index (κ2) is 16.5. The summed E-state index contributed by atoms with van der Waals surface area (Å²) in [7, 11) is 0. The van der Waals surface area contributed by atoms with Crippen LogP contribution in [0, 0.1) is 99.1 Å². The summed E-state index contributed by atoms with van der Waals surface area (Å²) in [4.78, 5) is 44.9. The Morgan fingerprint density at radius 2 is 1.73 bits per heavy atom. The third-order valence-electron chi connectivity index (χ3n) is 20.2. The molecule has 66 heavy (non-hydrogen) atoms. The van der Waals surface area contributed by atoms with E-state index in [4.69, 9.17) is 4.74 Å². The molecule has 9 aliphatic carbocycles. The van der Waals surface area contributed by atoms with Crippen molar-refractivity contribution >= 4 is 17.5 Å². The number of ether oxygens (including phenoxy) is 1. The number of H-pyrrole nitrogens is 1. The van der Waals surface area contributed by atoms with Gasteiger partial charge in [-0.3, -0.25) is 14.4 Å². The first-order valence-corrected chi connectivity index (χ1v) is 25.3. The number of hydrogen-bond donors (Lipinski definition) is 7. The number of aliphatic hydroxyl groups excluding tert-OH is 3. The summed E-state index contributed by atoms with van der Waals surface area (Å²) in [6.45, 7) is 9.94.